The number of halogens is 2. The Kier molecular flexibility index (Phi) is 9.24. The highest BCUT2D eigenvalue weighted by molar-refractivity contribution is 9.10. The van der Waals surface area contributed by atoms with E-state index in [9.17, 15) is 5.11 Å². The molecule has 0 radical (unpaired) electrons. The third-order valence-electron chi connectivity index (χ3n) is 5.03. The lowest BCUT2D eigenvalue weighted by Gasteiger charge is -2.32. The summed E-state index contributed by atoms with van der Waals surface area (Å²) in [6, 6.07) is 10.0. The van der Waals surface area contributed by atoms with E-state index in [1.807, 2.05) is 32.0 Å². The van der Waals surface area contributed by atoms with Crippen LogP contribution >= 0.6 is 27.5 Å². The molecule has 0 saturated carbocycles. The molecule has 3 rings (SSSR count). The van der Waals surface area contributed by atoms with Crippen LogP contribution in [0.2, 0.25) is 5.02 Å². The van der Waals surface area contributed by atoms with Gasteiger partial charge in [-0.3, -0.25) is 4.98 Å². The van der Waals surface area contributed by atoms with E-state index in [1.165, 1.54) is 5.56 Å². The van der Waals surface area contributed by atoms with Crippen molar-refractivity contribution >= 4 is 27.5 Å². The monoisotopic (exact) mass is 452 g/mol. The number of benzene rings is 1. The Balaban J connectivity index is 0.00000126. The van der Waals surface area contributed by atoms with Crippen LogP contribution in [0.4, 0.5) is 0 Å². The van der Waals surface area contributed by atoms with Gasteiger partial charge in [-0.05, 0) is 97.0 Å². The van der Waals surface area contributed by atoms with Crippen LogP contribution in [0.25, 0.3) is 0 Å². The van der Waals surface area contributed by atoms with E-state index in [0.29, 0.717) is 0 Å². The quantitative estimate of drug-likeness (QED) is 0.632. The fourth-order valence-corrected chi connectivity index (χ4v) is 4.09. The number of piperidine rings is 1. The predicted molar refractivity (Wildman–Crippen MR) is 117 cm³/mol. The molecule has 2 heterocycles. The van der Waals surface area contributed by atoms with Gasteiger partial charge in [-0.15, -0.1) is 0 Å². The SMILES string of the molecule is CC.CN1CCC(C(O)c2ncc(Br)cc2CCc2cccc(Cl)c2)CC1. The summed E-state index contributed by atoms with van der Waals surface area (Å²) in [7, 11) is 2.14. The van der Waals surface area contributed by atoms with Crippen LogP contribution in [0, 0.1) is 5.92 Å². The van der Waals surface area contributed by atoms with Crippen LogP contribution in [-0.2, 0) is 12.8 Å². The number of pyridine rings is 1. The molecule has 1 fully saturated rings. The first-order valence-electron chi connectivity index (χ1n) is 9.78. The van der Waals surface area contributed by atoms with Crippen molar-refractivity contribution in [3.63, 3.8) is 0 Å². The minimum Gasteiger partial charge on any atom is -0.387 e. The maximum atomic E-state index is 10.9. The van der Waals surface area contributed by atoms with E-state index in [1.54, 1.807) is 6.20 Å². The van der Waals surface area contributed by atoms with Crippen LogP contribution in [0.5, 0.6) is 0 Å². The maximum Gasteiger partial charge on any atom is 0.0991 e. The molecule has 0 bridgehead atoms. The zero-order chi connectivity index (χ0) is 19.8. The minimum absolute atomic E-state index is 0.287. The maximum absolute atomic E-state index is 10.9. The first kappa shape index (κ1) is 22.4. The number of nitrogens with zero attached hydrogens (tertiary/aromatic N) is 2. The molecule has 1 unspecified atom stereocenters. The van der Waals surface area contributed by atoms with Crippen molar-refractivity contribution in [2.75, 3.05) is 20.1 Å². The van der Waals surface area contributed by atoms with E-state index in [2.05, 4.69) is 45.0 Å². The highest BCUT2D eigenvalue weighted by atomic mass is 79.9. The molecule has 148 valence electrons. The second kappa shape index (κ2) is 11.2. The van der Waals surface area contributed by atoms with Crippen molar-refractivity contribution in [3.05, 3.63) is 62.8 Å². The van der Waals surface area contributed by atoms with E-state index < -0.39 is 6.10 Å². The lowest BCUT2D eigenvalue weighted by molar-refractivity contribution is 0.0619. The number of aliphatic hydroxyl groups is 1. The van der Waals surface area contributed by atoms with Gasteiger partial charge in [0, 0.05) is 15.7 Å². The minimum atomic E-state index is -0.490. The van der Waals surface area contributed by atoms with Crippen molar-refractivity contribution in [1.29, 1.82) is 0 Å². The third-order valence-corrected chi connectivity index (χ3v) is 5.70. The Labute approximate surface area is 176 Å². The molecule has 1 aromatic carbocycles. The zero-order valence-corrected chi connectivity index (χ0v) is 18.8. The van der Waals surface area contributed by atoms with Crippen LogP contribution in [0.15, 0.2) is 41.0 Å². The largest absolute Gasteiger partial charge is 0.387 e. The average molecular weight is 454 g/mol. The van der Waals surface area contributed by atoms with E-state index >= 15 is 0 Å². The highest BCUT2D eigenvalue weighted by Gasteiger charge is 2.27. The number of aliphatic hydroxyl groups excluding tert-OH is 1. The van der Waals surface area contributed by atoms with Gasteiger partial charge in [0.05, 0.1) is 11.8 Å². The molecular weight excluding hydrogens is 424 g/mol. The molecule has 5 heteroatoms. The molecule has 1 aliphatic heterocycles. The molecule has 0 aliphatic carbocycles. The van der Waals surface area contributed by atoms with Crippen molar-refractivity contribution in [2.24, 2.45) is 5.92 Å². The van der Waals surface area contributed by atoms with E-state index in [-0.39, 0.29) is 5.92 Å². The van der Waals surface area contributed by atoms with Crippen molar-refractivity contribution < 1.29 is 5.11 Å². The summed E-state index contributed by atoms with van der Waals surface area (Å²) in [6.07, 6.45) is 5.05. The summed E-state index contributed by atoms with van der Waals surface area (Å²) in [5.74, 6) is 0.287. The van der Waals surface area contributed by atoms with Gasteiger partial charge in [0.25, 0.3) is 0 Å². The average Bonchev–Trinajstić information content (AvgIpc) is 2.68. The molecule has 0 spiro atoms. The lowest BCUT2D eigenvalue weighted by Crippen LogP contribution is -2.33. The lowest BCUT2D eigenvalue weighted by atomic mass is 9.87. The Morgan fingerprint density at radius 2 is 1.93 bits per heavy atom. The van der Waals surface area contributed by atoms with Gasteiger partial charge in [-0.25, -0.2) is 0 Å². The molecule has 2 aromatic rings. The summed E-state index contributed by atoms with van der Waals surface area (Å²) in [6.45, 7) is 6.08. The molecule has 1 aromatic heterocycles. The highest BCUT2D eigenvalue weighted by Crippen LogP contribution is 2.32. The smallest absolute Gasteiger partial charge is 0.0991 e. The van der Waals surface area contributed by atoms with Crippen LogP contribution < -0.4 is 0 Å². The van der Waals surface area contributed by atoms with Gasteiger partial charge in [0.1, 0.15) is 0 Å². The molecule has 1 saturated heterocycles. The second-order valence-corrected chi connectivity index (χ2v) is 8.27. The van der Waals surface area contributed by atoms with Gasteiger partial charge in [-0.1, -0.05) is 37.6 Å². The normalized spacial score (nSPS) is 16.5. The number of likely N-dealkylation sites (tertiary alicyclic amines) is 1. The van der Waals surface area contributed by atoms with Gasteiger partial charge in [-0.2, -0.15) is 0 Å². The molecule has 1 aliphatic rings. The van der Waals surface area contributed by atoms with Gasteiger partial charge in [0.2, 0.25) is 0 Å². The summed E-state index contributed by atoms with van der Waals surface area (Å²) in [5, 5.41) is 11.7. The number of hydrogen-bond donors (Lipinski definition) is 1. The molecule has 0 amide bonds. The Morgan fingerprint density at radius 3 is 2.59 bits per heavy atom. The zero-order valence-electron chi connectivity index (χ0n) is 16.5. The summed E-state index contributed by atoms with van der Waals surface area (Å²) < 4.78 is 0.952. The molecular formula is C22H30BrClN2O. The number of aryl methyl sites for hydroxylation is 2. The summed E-state index contributed by atoms with van der Waals surface area (Å²) >= 11 is 9.60. The first-order valence-corrected chi connectivity index (χ1v) is 11.0. The standard InChI is InChI=1S/C20H24BrClN2O.C2H6/c1-24-9-7-15(8-10-24)20(25)19-16(12-17(21)13-23-19)6-5-14-3-2-4-18(22)11-14;1-2/h2-4,11-13,15,20,25H,5-10H2,1H3;1-2H3. The topological polar surface area (TPSA) is 36.4 Å². The van der Waals surface area contributed by atoms with Crippen LogP contribution in [0.3, 0.4) is 0 Å². The van der Waals surface area contributed by atoms with E-state index in [4.69, 9.17) is 11.6 Å². The third kappa shape index (κ3) is 6.56. The summed E-state index contributed by atoms with van der Waals surface area (Å²) in [5.41, 5.74) is 3.15. The van der Waals surface area contributed by atoms with E-state index in [0.717, 1.165) is 59.5 Å². The Morgan fingerprint density at radius 1 is 1.22 bits per heavy atom. The van der Waals surface area contributed by atoms with Gasteiger partial charge in [0.15, 0.2) is 0 Å². The fourth-order valence-electron chi connectivity index (χ4n) is 3.50. The van der Waals surface area contributed by atoms with Gasteiger partial charge >= 0.3 is 0 Å². The van der Waals surface area contributed by atoms with Crippen molar-refractivity contribution in [2.45, 2.75) is 45.6 Å². The Hall–Kier alpha value is -0.940. The molecule has 1 atom stereocenters. The fraction of sp³-hybridized carbons (Fsp3) is 0.500. The van der Waals surface area contributed by atoms with Crippen LogP contribution in [0.1, 0.15) is 49.6 Å². The molecule has 3 nitrogen and oxygen atoms in total. The molecule has 1 N–H and O–H groups in total. The Bertz CT molecular complexity index is 717. The van der Waals surface area contributed by atoms with Crippen molar-refractivity contribution in [3.8, 4) is 0 Å². The number of aromatic nitrogens is 1. The predicted octanol–water partition coefficient (Wildman–Crippen LogP) is 5.68. The number of hydrogen-bond acceptors (Lipinski definition) is 3. The van der Waals surface area contributed by atoms with Crippen LogP contribution in [-0.4, -0.2) is 35.1 Å². The van der Waals surface area contributed by atoms with Crippen molar-refractivity contribution in [1.82, 2.24) is 9.88 Å². The second-order valence-electron chi connectivity index (χ2n) is 6.91. The molecule has 27 heavy (non-hydrogen) atoms. The van der Waals surface area contributed by atoms with Gasteiger partial charge < -0.3 is 10.0 Å². The number of rotatable bonds is 5. The summed E-state index contributed by atoms with van der Waals surface area (Å²) in [4.78, 5) is 6.88. The first-order chi connectivity index (χ1) is 13.0.